The van der Waals surface area contributed by atoms with Crippen molar-refractivity contribution in [2.75, 3.05) is 39.5 Å². The van der Waals surface area contributed by atoms with E-state index in [1.807, 2.05) is 42.5 Å². The minimum Gasteiger partial charge on any atom is -0.454 e. The van der Waals surface area contributed by atoms with Crippen molar-refractivity contribution >= 4 is 11.8 Å². The lowest BCUT2D eigenvalue weighted by Crippen LogP contribution is -2.52. The number of carbonyl (C=O) groups excluding carboxylic acids is 2. The number of nitrogens with zero attached hydrogens (tertiary/aromatic N) is 3. The lowest BCUT2D eigenvalue weighted by Gasteiger charge is -2.37. The fraction of sp³-hybridized carbons (Fsp3) is 0.417. The lowest BCUT2D eigenvalue weighted by molar-refractivity contribution is -0.139. The van der Waals surface area contributed by atoms with E-state index < -0.39 is 0 Å². The van der Waals surface area contributed by atoms with Crippen LogP contribution in [0.4, 0.5) is 0 Å². The standard InChI is InChI=1S/C24H27N3O4/c28-23-15-20(24(29)27(23)9-8-18-4-2-1-3-5-18)26-12-10-25(11-13-26)16-19-6-7-21-22(14-19)31-17-30-21/h1-7,14,20H,8-13,15-17H2/t20-/m0/s1. The largest absolute Gasteiger partial charge is 0.454 e. The number of ether oxygens (including phenoxy) is 2. The molecule has 0 N–H and O–H groups in total. The smallest absolute Gasteiger partial charge is 0.247 e. The highest BCUT2D eigenvalue weighted by Gasteiger charge is 2.42. The van der Waals surface area contributed by atoms with E-state index in [1.54, 1.807) is 0 Å². The molecule has 0 saturated carbocycles. The van der Waals surface area contributed by atoms with E-state index in [1.165, 1.54) is 10.5 Å². The van der Waals surface area contributed by atoms with Crippen molar-refractivity contribution in [3.63, 3.8) is 0 Å². The summed E-state index contributed by atoms with van der Waals surface area (Å²) in [6.07, 6.45) is 1.00. The minimum absolute atomic E-state index is 0.0369. The quantitative estimate of drug-likeness (QED) is 0.664. The van der Waals surface area contributed by atoms with Gasteiger partial charge in [0, 0.05) is 39.3 Å². The Balaban J connectivity index is 1.13. The summed E-state index contributed by atoms with van der Waals surface area (Å²) >= 11 is 0. The zero-order chi connectivity index (χ0) is 21.2. The van der Waals surface area contributed by atoms with Gasteiger partial charge in [0.05, 0.1) is 12.5 Å². The van der Waals surface area contributed by atoms with Gasteiger partial charge in [0.25, 0.3) is 0 Å². The molecule has 2 amide bonds. The third kappa shape index (κ3) is 4.29. The molecule has 1 atom stereocenters. The van der Waals surface area contributed by atoms with Crippen LogP contribution in [0.2, 0.25) is 0 Å². The zero-order valence-electron chi connectivity index (χ0n) is 17.5. The number of rotatable bonds is 6. The van der Waals surface area contributed by atoms with Crippen LogP contribution in [0.3, 0.4) is 0 Å². The van der Waals surface area contributed by atoms with Gasteiger partial charge in [-0.15, -0.1) is 0 Å². The molecule has 0 bridgehead atoms. The molecule has 162 valence electrons. The molecule has 7 heteroatoms. The molecule has 3 aliphatic heterocycles. The normalized spacial score (nSPS) is 21.8. The Morgan fingerprint density at radius 3 is 2.45 bits per heavy atom. The Hall–Kier alpha value is -2.90. The maximum absolute atomic E-state index is 12.9. The molecule has 3 heterocycles. The van der Waals surface area contributed by atoms with Crippen molar-refractivity contribution < 1.29 is 19.1 Å². The van der Waals surface area contributed by atoms with E-state index >= 15 is 0 Å². The topological polar surface area (TPSA) is 62.3 Å². The molecular formula is C24H27N3O4. The molecule has 2 fully saturated rings. The van der Waals surface area contributed by atoms with Crippen LogP contribution < -0.4 is 9.47 Å². The molecule has 5 rings (SSSR count). The number of fused-ring (bicyclic) bond motifs is 1. The van der Waals surface area contributed by atoms with Crippen molar-refractivity contribution in [3.8, 4) is 11.5 Å². The van der Waals surface area contributed by atoms with Gasteiger partial charge < -0.3 is 9.47 Å². The van der Waals surface area contributed by atoms with Crippen LogP contribution in [0.15, 0.2) is 48.5 Å². The molecule has 2 saturated heterocycles. The first-order valence-electron chi connectivity index (χ1n) is 10.9. The Morgan fingerprint density at radius 1 is 0.871 bits per heavy atom. The van der Waals surface area contributed by atoms with Gasteiger partial charge in [0.15, 0.2) is 11.5 Å². The van der Waals surface area contributed by atoms with Gasteiger partial charge in [-0.1, -0.05) is 36.4 Å². The van der Waals surface area contributed by atoms with E-state index in [0.717, 1.165) is 49.8 Å². The molecule has 0 unspecified atom stereocenters. The van der Waals surface area contributed by atoms with Crippen LogP contribution in [0.1, 0.15) is 17.5 Å². The van der Waals surface area contributed by atoms with Gasteiger partial charge in [-0.2, -0.15) is 0 Å². The van der Waals surface area contributed by atoms with Crippen molar-refractivity contribution in [2.24, 2.45) is 0 Å². The van der Waals surface area contributed by atoms with Gasteiger partial charge in [-0.25, -0.2) is 0 Å². The highest BCUT2D eigenvalue weighted by molar-refractivity contribution is 6.05. The van der Waals surface area contributed by atoms with Crippen molar-refractivity contribution in [2.45, 2.75) is 25.4 Å². The summed E-state index contributed by atoms with van der Waals surface area (Å²) < 4.78 is 10.8. The number of amides is 2. The van der Waals surface area contributed by atoms with E-state index in [-0.39, 0.29) is 24.6 Å². The Bertz CT molecular complexity index is 957. The summed E-state index contributed by atoms with van der Waals surface area (Å²) in [6.45, 7) is 4.91. The molecule has 2 aromatic rings. The highest BCUT2D eigenvalue weighted by Crippen LogP contribution is 2.33. The molecule has 0 aromatic heterocycles. The maximum Gasteiger partial charge on any atom is 0.247 e. The van der Waals surface area contributed by atoms with E-state index in [4.69, 9.17) is 9.47 Å². The monoisotopic (exact) mass is 421 g/mol. The first kappa shape index (κ1) is 20.0. The molecule has 0 spiro atoms. The van der Waals surface area contributed by atoms with Gasteiger partial charge >= 0.3 is 0 Å². The Labute approximate surface area is 182 Å². The summed E-state index contributed by atoms with van der Waals surface area (Å²) in [5, 5.41) is 0. The first-order chi connectivity index (χ1) is 15.2. The maximum atomic E-state index is 12.9. The molecule has 0 aliphatic carbocycles. The highest BCUT2D eigenvalue weighted by atomic mass is 16.7. The molecule has 0 radical (unpaired) electrons. The van der Waals surface area contributed by atoms with Crippen LogP contribution in [-0.2, 0) is 22.6 Å². The second kappa shape index (κ2) is 8.69. The fourth-order valence-electron chi connectivity index (χ4n) is 4.60. The van der Waals surface area contributed by atoms with Crippen molar-refractivity contribution in [1.29, 1.82) is 0 Å². The SMILES string of the molecule is O=C1C[C@H](N2CCN(Cc3ccc4c(c3)OCO4)CC2)C(=O)N1CCc1ccccc1. The Morgan fingerprint density at radius 2 is 1.65 bits per heavy atom. The number of hydrogen-bond donors (Lipinski definition) is 0. The minimum atomic E-state index is -0.309. The third-order valence-corrected chi connectivity index (χ3v) is 6.38. The number of likely N-dealkylation sites (tertiary alicyclic amines) is 1. The van der Waals surface area contributed by atoms with Crippen LogP contribution in [0.25, 0.3) is 0 Å². The van der Waals surface area contributed by atoms with E-state index in [2.05, 4.69) is 15.9 Å². The Kier molecular flexibility index (Phi) is 5.61. The van der Waals surface area contributed by atoms with Crippen LogP contribution in [0.5, 0.6) is 11.5 Å². The van der Waals surface area contributed by atoms with Crippen LogP contribution in [0, 0.1) is 0 Å². The zero-order valence-corrected chi connectivity index (χ0v) is 17.5. The average Bonchev–Trinajstić information content (AvgIpc) is 3.37. The number of hydrogen-bond acceptors (Lipinski definition) is 6. The summed E-state index contributed by atoms with van der Waals surface area (Å²) in [5.41, 5.74) is 2.33. The number of piperazine rings is 1. The molecule has 3 aliphatic rings. The lowest BCUT2D eigenvalue weighted by atomic mass is 10.1. The van der Waals surface area contributed by atoms with Crippen molar-refractivity contribution in [1.82, 2.24) is 14.7 Å². The number of carbonyl (C=O) groups is 2. The predicted molar refractivity (Wildman–Crippen MR) is 115 cm³/mol. The van der Waals surface area contributed by atoms with Gasteiger partial charge in [-0.3, -0.25) is 24.3 Å². The summed E-state index contributed by atoms with van der Waals surface area (Å²) in [6, 6.07) is 15.8. The van der Waals surface area contributed by atoms with Crippen LogP contribution in [-0.4, -0.2) is 72.1 Å². The summed E-state index contributed by atoms with van der Waals surface area (Å²) in [7, 11) is 0. The molecule has 7 nitrogen and oxygen atoms in total. The molecular weight excluding hydrogens is 394 g/mol. The second-order valence-electron chi connectivity index (χ2n) is 8.34. The first-order valence-corrected chi connectivity index (χ1v) is 10.9. The number of benzene rings is 2. The summed E-state index contributed by atoms with van der Waals surface area (Å²) in [4.78, 5) is 31.5. The second-order valence-corrected chi connectivity index (χ2v) is 8.34. The fourth-order valence-corrected chi connectivity index (χ4v) is 4.60. The van der Waals surface area contributed by atoms with Gasteiger partial charge in [0.1, 0.15) is 0 Å². The average molecular weight is 421 g/mol. The molecule has 31 heavy (non-hydrogen) atoms. The summed E-state index contributed by atoms with van der Waals surface area (Å²) in [5.74, 6) is 1.52. The predicted octanol–water partition coefficient (Wildman–Crippen LogP) is 1.90. The van der Waals surface area contributed by atoms with Gasteiger partial charge in [0.2, 0.25) is 18.6 Å². The third-order valence-electron chi connectivity index (χ3n) is 6.38. The van der Waals surface area contributed by atoms with E-state index in [0.29, 0.717) is 19.4 Å². The van der Waals surface area contributed by atoms with Gasteiger partial charge in [-0.05, 0) is 29.7 Å². The van der Waals surface area contributed by atoms with Crippen LogP contribution >= 0.6 is 0 Å². The van der Waals surface area contributed by atoms with E-state index in [9.17, 15) is 9.59 Å². The van der Waals surface area contributed by atoms with Crippen molar-refractivity contribution in [3.05, 3.63) is 59.7 Å². The number of imide groups is 1. The molecule has 2 aromatic carbocycles.